The molecule has 1 aromatic carbocycles. The number of aryl methyl sites for hydroxylation is 1. The molecule has 1 aromatic heterocycles. The van der Waals surface area contributed by atoms with E-state index in [-0.39, 0.29) is 0 Å². The first-order valence-electron chi connectivity index (χ1n) is 6.93. The summed E-state index contributed by atoms with van der Waals surface area (Å²) in [6.45, 7) is 1.58. The van der Waals surface area contributed by atoms with Crippen LogP contribution in [0, 0.1) is 0 Å². The number of imidazole rings is 1. The highest BCUT2D eigenvalue weighted by atomic mass is 16.5. The minimum absolute atomic E-state index is 0.293. The summed E-state index contributed by atoms with van der Waals surface area (Å²) in [4.78, 5) is 15.7. The molecule has 1 heterocycles. The molecule has 5 heteroatoms. The Balaban J connectivity index is 2.00. The van der Waals surface area contributed by atoms with E-state index in [2.05, 4.69) is 9.55 Å². The molecule has 0 amide bonds. The third-order valence-corrected chi connectivity index (χ3v) is 3.70. The zero-order valence-corrected chi connectivity index (χ0v) is 11.5. The monoisotopic (exact) mass is 274 g/mol. The lowest BCUT2D eigenvalue weighted by molar-refractivity contribution is 0.0697. The van der Waals surface area contributed by atoms with Gasteiger partial charge in [0, 0.05) is 26.2 Å². The van der Waals surface area contributed by atoms with Crippen molar-refractivity contribution in [2.75, 3.05) is 13.7 Å². The zero-order valence-electron chi connectivity index (χ0n) is 11.5. The quantitative estimate of drug-likeness (QED) is 0.822. The molecule has 1 fully saturated rings. The second-order valence-electron chi connectivity index (χ2n) is 5.25. The van der Waals surface area contributed by atoms with E-state index in [1.165, 1.54) is 12.8 Å². The number of methoxy groups -OCH3 is 1. The van der Waals surface area contributed by atoms with E-state index in [0.717, 1.165) is 36.4 Å². The van der Waals surface area contributed by atoms with Crippen LogP contribution in [0.5, 0.6) is 0 Å². The minimum atomic E-state index is -0.909. The normalized spacial score (nSPS) is 14.8. The van der Waals surface area contributed by atoms with Gasteiger partial charge in [-0.3, -0.25) is 0 Å². The molecule has 2 aromatic rings. The number of aromatic nitrogens is 2. The van der Waals surface area contributed by atoms with E-state index in [1.54, 1.807) is 19.2 Å². The number of carboxylic acids is 1. The molecule has 1 saturated carbocycles. The van der Waals surface area contributed by atoms with Crippen molar-refractivity contribution in [3.8, 4) is 0 Å². The van der Waals surface area contributed by atoms with Gasteiger partial charge in [-0.15, -0.1) is 0 Å². The van der Waals surface area contributed by atoms with Crippen LogP contribution in [0.2, 0.25) is 0 Å². The number of fused-ring (bicyclic) bond motifs is 1. The molecule has 0 unspecified atom stereocenters. The van der Waals surface area contributed by atoms with Gasteiger partial charge in [0.15, 0.2) is 0 Å². The summed E-state index contributed by atoms with van der Waals surface area (Å²) in [5.74, 6) is 0.727. The average molecular weight is 274 g/mol. The van der Waals surface area contributed by atoms with E-state index in [9.17, 15) is 4.79 Å². The first kappa shape index (κ1) is 13.1. The lowest BCUT2D eigenvalue weighted by atomic mass is 10.2. The SMILES string of the molecule is COCCCn1c(C2CC2)nc2cc(C(=O)O)ccc21. The summed E-state index contributed by atoms with van der Waals surface area (Å²) in [5.41, 5.74) is 2.10. The Bertz CT molecular complexity index is 644. The van der Waals surface area contributed by atoms with Gasteiger partial charge < -0.3 is 14.4 Å². The number of ether oxygens (including phenoxy) is 1. The number of carboxylic acid groups (broad SMARTS) is 1. The highest BCUT2D eigenvalue weighted by molar-refractivity contribution is 5.92. The fourth-order valence-electron chi connectivity index (χ4n) is 2.54. The van der Waals surface area contributed by atoms with Gasteiger partial charge in [0.1, 0.15) is 5.82 Å². The molecule has 0 spiro atoms. The summed E-state index contributed by atoms with van der Waals surface area (Å²) in [6, 6.07) is 5.18. The number of rotatable bonds is 6. The maximum atomic E-state index is 11.0. The molecule has 1 N–H and O–H groups in total. The van der Waals surface area contributed by atoms with Gasteiger partial charge in [0.05, 0.1) is 16.6 Å². The second-order valence-corrected chi connectivity index (χ2v) is 5.25. The molecule has 0 radical (unpaired) electrons. The Morgan fingerprint density at radius 1 is 1.50 bits per heavy atom. The van der Waals surface area contributed by atoms with Crippen molar-refractivity contribution in [3.63, 3.8) is 0 Å². The van der Waals surface area contributed by atoms with Crippen molar-refractivity contribution in [1.29, 1.82) is 0 Å². The van der Waals surface area contributed by atoms with Gasteiger partial charge in [-0.05, 0) is 37.5 Å². The van der Waals surface area contributed by atoms with Gasteiger partial charge >= 0.3 is 5.97 Å². The molecular weight excluding hydrogens is 256 g/mol. The highest BCUT2D eigenvalue weighted by Gasteiger charge is 2.29. The number of aromatic carboxylic acids is 1. The van der Waals surface area contributed by atoms with Crippen LogP contribution in [0.3, 0.4) is 0 Å². The molecule has 0 aliphatic heterocycles. The predicted octanol–water partition coefficient (Wildman–Crippen LogP) is 2.65. The van der Waals surface area contributed by atoms with Crippen LogP contribution < -0.4 is 0 Å². The van der Waals surface area contributed by atoms with Crippen LogP contribution in [0.15, 0.2) is 18.2 Å². The fourth-order valence-corrected chi connectivity index (χ4v) is 2.54. The molecule has 1 aliphatic carbocycles. The van der Waals surface area contributed by atoms with Gasteiger partial charge in [-0.2, -0.15) is 0 Å². The Morgan fingerprint density at radius 3 is 2.95 bits per heavy atom. The molecule has 0 saturated heterocycles. The number of benzene rings is 1. The van der Waals surface area contributed by atoms with Crippen LogP contribution >= 0.6 is 0 Å². The summed E-state index contributed by atoms with van der Waals surface area (Å²) >= 11 is 0. The van der Waals surface area contributed by atoms with E-state index in [0.29, 0.717) is 11.5 Å². The number of hydrogen-bond donors (Lipinski definition) is 1. The maximum Gasteiger partial charge on any atom is 0.335 e. The largest absolute Gasteiger partial charge is 0.478 e. The maximum absolute atomic E-state index is 11.0. The molecule has 5 nitrogen and oxygen atoms in total. The van der Waals surface area contributed by atoms with Crippen molar-refractivity contribution in [2.24, 2.45) is 0 Å². The topological polar surface area (TPSA) is 64.4 Å². The van der Waals surface area contributed by atoms with Crippen molar-refractivity contribution < 1.29 is 14.6 Å². The van der Waals surface area contributed by atoms with Crippen molar-refractivity contribution in [1.82, 2.24) is 9.55 Å². The Labute approximate surface area is 117 Å². The number of carbonyl (C=O) groups is 1. The van der Waals surface area contributed by atoms with E-state index in [1.807, 2.05) is 6.07 Å². The molecule has 106 valence electrons. The average Bonchev–Trinajstić information content (AvgIpc) is 3.21. The number of nitrogens with zero attached hydrogens (tertiary/aromatic N) is 2. The molecule has 1 aliphatic rings. The highest BCUT2D eigenvalue weighted by Crippen LogP contribution is 2.40. The standard InChI is InChI=1S/C15H18N2O3/c1-20-8-2-7-17-13-6-5-11(15(18)19)9-12(13)16-14(17)10-3-4-10/h5-6,9-10H,2-4,7-8H2,1H3,(H,18,19). The first-order chi connectivity index (χ1) is 9.70. The van der Waals surface area contributed by atoms with E-state index >= 15 is 0 Å². The smallest absolute Gasteiger partial charge is 0.335 e. The van der Waals surface area contributed by atoms with Gasteiger partial charge in [-0.25, -0.2) is 9.78 Å². The van der Waals surface area contributed by atoms with Crippen LogP contribution in [0.25, 0.3) is 11.0 Å². The number of hydrogen-bond acceptors (Lipinski definition) is 3. The summed E-state index contributed by atoms with van der Waals surface area (Å²) < 4.78 is 7.33. The van der Waals surface area contributed by atoms with Crippen LogP contribution in [0.4, 0.5) is 0 Å². The minimum Gasteiger partial charge on any atom is -0.478 e. The fraction of sp³-hybridized carbons (Fsp3) is 0.467. The molecule has 3 rings (SSSR count). The molecular formula is C15H18N2O3. The summed E-state index contributed by atoms with van der Waals surface area (Å²) in [7, 11) is 1.70. The third kappa shape index (κ3) is 2.41. The van der Waals surface area contributed by atoms with Crippen molar-refractivity contribution in [3.05, 3.63) is 29.6 Å². The van der Waals surface area contributed by atoms with E-state index < -0.39 is 5.97 Å². The first-order valence-corrected chi connectivity index (χ1v) is 6.93. The van der Waals surface area contributed by atoms with Crippen LogP contribution in [0.1, 0.15) is 41.4 Å². The third-order valence-electron chi connectivity index (χ3n) is 3.70. The second kappa shape index (κ2) is 5.25. The summed E-state index contributed by atoms with van der Waals surface area (Å²) in [5, 5.41) is 9.06. The lowest BCUT2D eigenvalue weighted by Gasteiger charge is -2.08. The lowest BCUT2D eigenvalue weighted by Crippen LogP contribution is -2.05. The Hall–Kier alpha value is -1.88. The van der Waals surface area contributed by atoms with Crippen molar-refractivity contribution in [2.45, 2.75) is 31.7 Å². The predicted molar refractivity (Wildman–Crippen MR) is 75.2 cm³/mol. The van der Waals surface area contributed by atoms with Gasteiger partial charge in [-0.1, -0.05) is 0 Å². The molecule has 0 bridgehead atoms. The summed E-state index contributed by atoms with van der Waals surface area (Å²) in [6.07, 6.45) is 3.29. The molecule has 20 heavy (non-hydrogen) atoms. The van der Waals surface area contributed by atoms with Crippen molar-refractivity contribution >= 4 is 17.0 Å². The molecule has 0 atom stereocenters. The van der Waals surface area contributed by atoms with Crippen LogP contribution in [-0.4, -0.2) is 34.3 Å². The van der Waals surface area contributed by atoms with E-state index in [4.69, 9.17) is 9.84 Å². The zero-order chi connectivity index (χ0) is 14.1. The Kier molecular flexibility index (Phi) is 3.44. The Morgan fingerprint density at radius 2 is 2.30 bits per heavy atom. The van der Waals surface area contributed by atoms with Crippen LogP contribution in [-0.2, 0) is 11.3 Å². The van der Waals surface area contributed by atoms with Gasteiger partial charge in [0.25, 0.3) is 0 Å². The van der Waals surface area contributed by atoms with Gasteiger partial charge in [0.2, 0.25) is 0 Å².